The summed E-state index contributed by atoms with van der Waals surface area (Å²) in [5, 5.41) is 13.6. The van der Waals surface area contributed by atoms with E-state index in [0.29, 0.717) is 10.3 Å². The first-order chi connectivity index (χ1) is 10.9. The Kier molecular flexibility index (Phi) is 3.97. The molecule has 0 saturated heterocycles. The highest BCUT2D eigenvalue weighted by atomic mass is 79.9. The smallest absolute Gasteiger partial charge is 0.362 e. The zero-order chi connectivity index (χ0) is 16.6. The number of nitrogens with one attached hydrogen (secondary N) is 1. The quantitative estimate of drug-likeness (QED) is 0.737. The number of fused-ring (bicyclic) bond motifs is 1. The molecule has 120 valence electrons. The molecule has 0 bridgehead atoms. The number of benzene rings is 1. The Labute approximate surface area is 137 Å². The number of hydrogen-bond donors (Lipinski definition) is 1. The lowest BCUT2D eigenvalue weighted by atomic mass is 10.1. The van der Waals surface area contributed by atoms with Gasteiger partial charge in [0.2, 0.25) is 0 Å². The van der Waals surface area contributed by atoms with Crippen molar-refractivity contribution in [2.45, 2.75) is 19.1 Å². The van der Waals surface area contributed by atoms with Gasteiger partial charge in [-0.3, -0.25) is 0 Å². The fourth-order valence-corrected chi connectivity index (χ4v) is 2.80. The zero-order valence-corrected chi connectivity index (χ0v) is 13.4. The molecule has 3 aromatic rings. The van der Waals surface area contributed by atoms with E-state index in [1.54, 1.807) is 6.07 Å². The molecule has 0 radical (unpaired) electrons. The van der Waals surface area contributed by atoms with Crippen LogP contribution >= 0.6 is 15.9 Å². The molecule has 0 fully saturated rings. The van der Waals surface area contributed by atoms with Gasteiger partial charge in [-0.2, -0.15) is 17.7 Å². The van der Waals surface area contributed by atoms with E-state index < -0.39 is 12.0 Å². The standard InChI is InChI=1S/C14H11BrF3N5/c1-8(9-4-2-3-5-10(9)15)19-11-6-7-12-20-21-13(14(16,17)18)23(12)22-11/h2-8H,1H3,(H,19,22). The Morgan fingerprint density at radius 3 is 2.57 bits per heavy atom. The van der Waals surface area contributed by atoms with Crippen molar-refractivity contribution in [1.29, 1.82) is 0 Å². The van der Waals surface area contributed by atoms with Gasteiger partial charge in [0.1, 0.15) is 5.82 Å². The van der Waals surface area contributed by atoms with Crippen LogP contribution in [0.1, 0.15) is 24.4 Å². The lowest BCUT2D eigenvalue weighted by Crippen LogP contribution is -2.14. The van der Waals surface area contributed by atoms with E-state index in [-0.39, 0.29) is 11.7 Å². The molecule has 0 aliphatic carbocycles. The van der Waals surface area contributed by atoms with E-state index in [2.05, 4.69) is 36.5 Å². The topological polar surface area (TPSA) is 55.1 Å². The molecule has 23 heavy (non-hydrogen) atoms. The van der Waals surface area contributed by atoms with Crippen molar-refractivity contribution >= 4 is 27.4 Å². The van der Waals surface area contributed by atoms with E-state index in [0.717, 1.165) is 10.0 Å². The summed E-state index contributed by atoms with van der Waals surface area (Å²) in [6.45, 7) is 1.89. The Morgan fingerprint density at radius 1 is 1.13 bits per heavy atom. The molecule has 1 aromatic carbocycles. The number of anilines is 1. The minimum atomic E-state index is -4.61. The highest BCUT2D eigenvalue weighted by Gasteiger charge is 2.37. The Balaban J connectivity index is 1.93. The number of aromatic nitrogens is 4. The second-order valence-corrected chi connectivity index (χ2v) is 5.75. The van der Waals surface area contributed by atoms with E-state index in [1.165, 1.54) is 6.07 Å². The van der Waals surface area contributed by atoms with Gasteiger partial charge in [0.05, 0.1) is 6.04 Å². The molecule has 1 unspecified atom stereocenters. The monoisotopic (exact) mass is 385 g/mol. The maximum Gasteiger partial charge on any atom is 0.453 e. The molecule has 1 atom stereocenters. The second kappa shape index (κ2) is 5.80. The molecule has 9 heteroatoms. The number of alkyl halides is 3. The first-order valence-corrected chi connectivity index (χ1v) is 7.46. The van der Waals surface area contributed by atoms with Crippen LogP contribution in [0.25, 0.3) is 5.65 Å². The van der Waals surface area contributed by atoms with Crippen molar-refractivity contribution in [2.75, 3.05) is 5.32 Å². The second-order valence-electron chi connectivity index (χ2n) is 4.90. The number of nitrogens with zero attached hydrogens (tertiary/aromatic N) is 4. The Bertz CT molecular complexity index is 846. The summed E-state index contributed by atoms with van der Waals surface area (Å²) in [5.41, 5.74) is 1.01. The first-order valence-electron chi connectivity index (χ1n) is 6.67. The summed E-state index contributed by atoms with van der Waals surface area (Å²) < 4.78 is 40.2. The predicted molar refractivity (Wildman–Crippen MR) is 82.0 cm³/mol. The van der Waals surface area contributed by atoms with Gasteiger partial charge in [-0.05, 0) is 30.7 Å². The molecule has 5 nitrogen and oxygen atoms in total. The molecule has 0 aliphatic heterocycles. The maximum atomic E-state index is 12.9. The summed E-state index contributed by atoms with van der Waals surface area (Å²) in [6, 6.07) is 10.4. The molecule has 0 spiro atoms. The molecule has 2 aromatic heterocycles. The van der Waals surface area contributed by atoms with E-state index in [4.69, 9.17) is 0 Å². The molecule has 0 aliphatic rings. The van der Waals surface area contributed by atoms with Crippen molar-refractivity contribution in [3.05, 3.63) is 52.3 Å². The molecular formula is C14H11BrF3N5. The Hall–Kier alpha value is -2.16. The summed E-state index contributed by atoms with van der Waals surface area (Å²) >= 11 is 3.45. The summed E-state index contributed by atoms with van der Waals surface area (Å²) in [7, 11) is 0. The SMILES string of the molecule is CC(Nc1ccc2nnc(C(F)(F)F)n2n1)c1ccccc1Br. The molecule has 3 rings (SSSR count). The third kappa shape index (κ3) is 3.14. The zero-order valence-electron chi connectivity index (χ0n) is 11.8. The van der Waals surface area contributed by atoms with Gasteiger partial charge < -0.3 is 5.32 Å². The molecule has 1 N–H and O–H groups in total. The van der Waals surface area contributed by atoms with E-state index in [1.807, 2.05) is 31.2 Å². The summed E-state index contributed by atoms with van der Waals surface area (Å²) in [4.78, 5) is 0. The minimum absolute atomic E-state index is 0.0384. The molecule has 0 saturated carbocycles. The Morgan fingerprint density at radius 2 is 1.87 bits per heavy atom. The highest BCUT2D eigenvalue weighted by Crippen LogP contribution is 2.28. The molecule has 0 amide bonds. The lowest BCUT2D eigenvalue weighted by molar-refractivity contribution is -0.146. The van der Waals surface area contributed by atoms with Crippen molar-refractivity contribution in [3.63, 3.8) is 0 Å². The van der Waals surface area contributed by atoms with Crippen LogP contribution in [-0.4, -0.2) is 19.8 Å². The minimum Gasteiger partial charge on any atom is -0.362 e. The average molecular weight is 386 g/mol. The number of rotatable bonds is 3. The summed E-state index contributed by atoms with van der Waals surface area (Å²) in [5.74, 6) is -0.851. The van der Waals surface area contributed by atoms with Crippen LogP contribution in [0, 0.1) is 0 Å². The van der Waals surface area contributed by atoms with Gasteiger partial charge in [0.25, 0.3) is 5.82 Å². The van der Waals surface area contributed by atoms with E-state index >= 15 is 0 Å². The van der Waals surface area contributed by atoms with Gasteiger partial charge in [0.15, 0.2) is 5.65 Å². The van der Waals surface area contributed by atoms with Crippen LogP contribution in [-0.2, 0) is 6.18 Å². The van der Waals surface area contributed by atoms with Gasteiger partial charge >= 0.3 is 6.18 Å². The molecule has 2 heterocycles. The predicted octanol–water partition coefficient (Wildman–Crippen LogP) is 4.08. The third-order valence-corrected chi connectivity index (χ3v) is 3.97. The van der Waals surface area contributed by atoms with Crippen LogP contribution < -0.4 is 5.32 Å². The van der Waals surface area contributed by atoms with Crippen molar-refractivity contribution in [1.82, 2.24) is 19.8 Å². The average Bonchev–Trinajstić information content (AvgIpc) is 2.90. The van der Waals surface area contributed by atoms with Crippen LogP contribution in [0.3, 0.4) is 0 Å². The van der Waals surface area contributed by atoms with Crippen LogP contribution in [0.15, 0.2) is 40.9 Å². The summed E-state index contributed by atoms with van der Waals surface area (Å²) in [6.07, 6.45) is -4.61. The first kappa shape index (κ1) is 15.7. The fourth-order valence-electron chi connectivity index (χ4n) is 2.17. The van der Waals surface area contributed by atoms with Crippen molar-refractivity contribution < 1.29 is 13.2 Å². The van der Waals surface area contributed by atoms with Gasteiger partial charge in [-0.1, -0.05) is 34.1 Å². The maximum absolute atomic E-state index is 12.9. The highest BCUT2D eigenvalue weighted by molar-refractivity contribution is 9.10. The van der Waals surface area contributed by atoms with Crippen LogP contribution in [0.2, 0.25) is 0 Å². The van der Waals surface area contributed by atoms with Gasteiger partial charge in [0, 0.05) is 4.47 Å². The van der Waals surface area contributed by atoms with Crippen molar-refractivity contribution in [3.8, 4) is 0 Å². The largest absolute Gasteiger partial charge is 0.453 e. The third-order valence-electron chi connectivity index (χ3n) is 3.25. The van der Waals surface area contributed by atoms with E-state index in [9.17, 15) is 13.2 Å². The lowest BCUT2D eigenvalue weighted by Gasteiger charge is -2.16. The van der Waals surface area contributed by atoms with Crippen LogP contribution in [0.5, 0.6) is 0 Å². The molecular weight excluding hydrogens is 375 g/mol. The number of hydrogen-bond acceptors (Lipinski definition) is 4. The van der Waals surface area contributed by atoms with Crippen LogP contribution in [0.4, 0.5) is 19.0 Å². The van der Waals surface area contributed by atoms with Gasteiger partial charge in [-0.15, -0.1) is 15.3 Å². The fraction of sp³-hybridized carbons (Fsp3) is 0.214. The normalized spacial score (nSPS) is 13.3. The number of halogens is 4. The van der Waals surface area contributed by atoms with Crippen molar-refractivity contribution in [2.24, 2.45) is 0 Å². The van der Waals surface area contributed by atoms with Gasteiger partial charge in [-0.25, -0.2) is 0 Å².